The SMILES string of the molecule is Cc1cc(N2CCOCC2)ccn1.N#Cc1ccnc(CO)c1. The third-order valence-electron chi connectivity index (χ3n) is 3.36. The second kappa shape index (κ2) is 8.83. The molecule has 120 valence electrons. The summed E-state index contributed by atoms with van der Waals surface area (Å²) in [4.78, 5) is 10.3. The van der Waals surface area contributed by atoms with Gasteiger partial charge in [-0.15, -0.1) is 0 Å². The van der Waals surface area contributed by atoms with Crippen LogP contribution >= 0.6 is 0 Å². The summed E-state index contributed by atoms with van der Waals surface area (Å²) in [6.45, 7) is 5.55. The lowest BCUT2D eigenvalue weighted by Crippen LogP contribution is -2.36. The molecule has 1 N–H and O–H groups in total. The molecule has 2 aromatic rings. The van der Waals surface area contributed by atoms with Gasteiger partial charge in [-0.1, -0.05) is 0 Å². The van der Waals surface area contributed by atoms with E-state index in [2.05, 4.69) is 27.0 Å². The van der Waals surface area contributed by atoms with Crippen molar-refractivity contribution < 1.29 is 9.84 Å². The van der Waals surface area contributed by atoms with Crippen LogP contribution in [0.1, 0.15) is 17.0 Å². The van der Waals surface area contributed by atoms with Crippen molar-refractivity contribution in [2.45, 2.75) is 13.5 Å². The van der Waals surface area contributed by atoms with Gasteiger partial charge < -0.3 is 14.7 Å². The maximum Gasteiger partial charge on any atom is 0.0992 e. The Hall–Kier alpha value is -2.49. The molecule has 0 aliphatic carbocycles. The highest BCUT2D eigenvalue weighted by Crippen LogP contribution is 2.15. The Morgan fingerprint density at radius 1 is 1.22 bits per heavy atom. The van der Waals surface area contributed by atoms with E-state index in [1.165, 1.54) is 11.9 Å². The van der Waals surface area contributed by atoms with Gasteiger partial charge in [0.25, 0.3) is 0 Å². The fourth-order valence-electron chi connectivity index (χ4n) is 2.18. The van der Waals surface area contributed by atoms with Gasteiger partial charge in [-0.2, -0.15) is 5.26 Å². The molecule has 1 saturated heterocycles. The average Bonchev–Trinajstić information content (AvgIpc) is 2.63. The molecule has 3 rings (SSSR count). The fraction of sp³-hybridized carbons (Fsp3) is 0.353. The molecule has 2 aromatic heterocycles. The predicted octanol–water partition coefficient (Wildman–Crippen LogP) is 1.67. The predicted molar refractivity (Wildman–Crippen MR) is 86.9 cm³/mol. The number of aliphatic hydroxyl groups excluding tert-OH is 1. The van der Waals surface area contributed by atoms with E-state index >= 15 is 0 Å². The molecule has 0 bridgehead atoms. The zero-order chi connectivity index (χ0) is 16.5. The van der Waals surface area contributed by atoms with Crippen LogP contribution in [-0.4, -0.2) is 41.4 Å². The lowest BCUT2D eigenvalue weighted by molar-refractivity contribution is 0.122. The highest BCUT2D eigenvalue weighted by molar-refractivity contribution is 5.46. The lowest BCUT2D eigenvalue weighted by atomic mass is 10.2. The number of pyridine rings is 2. The number of nitriles is 1. The minimum atomic E-state index is -0.116. The van der Waals surface area contributed by atoms with Crippen LogP contribution in [-0.2, 0) is 11.3 Å². The summed E-state index contributed by atoms with van der Waals surface area (Å²) < 4.78 is 5.29. The molecule has 0 atom stereocenters. The molecule has 0 unspecified atom stereocenters. The topological polar surface area (TPSA) is 82.3 Å². The molecular weight excluding hydrogens is 292 g/mol. The van der Waals surface area contributed by atoms with Gasteiger partial charge in [-0.3, -0.25) is 9.97 Å². The Morgan fingerprint density at radius 3 is 2.61 bits per heavy atom. The fourth-order valence-corrected chi connectivity index (χ4v) is 2.18. The van der Waals surface area contributed by atoms with Crippen LogP contribution in [0, 0.1) is 18.3 Å². The zero-order valence-electron chi connectivity index (χ0n) is 13.1. The number of anilines is 1. The van der Waals surface area contributed by atoms with E-state index in [-0.39, 0.29) is 6.61 Å². The van der Waals surface area contributed by atoms with Gasteiger partial charge in [0.05, 0.1) is 37.1 Å². The van der Waals surface area contributed by atoms with Gasteiger partial charge in [0.15, 0.2) is 0 Å². The van der Waals surface area contributed by atoms with E-state index in [1.54, 1.807) is 12.1 Å². The molecule has 6 nitrogen and oxygen atoms in total. The second-order valence-electron chi connectivity index (χ2n) is 5.06. The molecule has 0 radical (unpaired) electrons. The Balaban J connectivity index is 0.000000174. The molecule has 1 aliphatic heterocycles. The maximum absolute atomic E-state index is 8.59. The number of hydrogen-bond donors (Lipinski definition) is 1. The first-order valence-corrected chi connectivity index (χ1v) is 7.44. The largest absolute Gasteiger partial charge is 0.390 e. The molecule has 0 amide bonds. The first-order chi connectivity index (χ1) is 11.2. The summed E-state index contributed by atoms with van der Waals surface area (Å²) in [6.07, 6.45) is 3.37. The van der Waals surface area contributed by atoms with E-state index in [0.717, 1.165) is 32.0 Å². The molecule has 0 spiro atoms. The first kappa shape index (κ1) is 16.9. The molecule has 23 heavy (non-hydrogen) atoms. The minimum absolute atomic E-state index is 0.116. The van der Waals surface area contributed by atoms with Crippen LogP contribution in [0.2, 0.25) is 0 Å². The molecule has 3 heterocycles. The molecule has 1 aliphatic rings. The molecule has 0 aromatic carbocycles. The zero-order valence-corrected chi connectivity index (χ0v) is 13.1. The third-order valence-corrected chi connectivity index (χ3v) is 3.36. The van der Waals surface area contributed by atoms with Crippen molar-refractivity contribution in [3.05, 3.63) is 53.6 Å². The normalized spacial score (nSPS) is 13.7. The van der Waals surface area contributed by atoms with Gasteiger partial charge in [-0.05, 0) is 31.2 Å². The smallest absolute Gasteiger partial charge is 0.0992 e. The van der Waals surface area contributed by atoms with Crippen molar-refractivity contribution in [1.29, 1.82) is 5.26 Å². The van der Waals surface area contributed by atoms with Crippen LogP contribution in [0.15, 0.2) is 36.7 Å². The van der Waals surface area contributed by atoms with E-state index in [4.69, 9.17) is 15.1 Å². The van der Waals surface area contributed by atoms with Crippen LogP contribution in [0.4, 0.5) is 5.69 Å². The van der Waals surface area contributed by atoms with Crippen molar-refractivity contribution in [3.63, 3.8) is 0 Å². The quantitative estimate of drug-likeness (QED) is 0.908. The van der Waals surface area contributed by atoms with E-state index in [1.807, 2.05) is 19.2 Å². The van der Waals surface area contributed by atoms with E-state index in [9.17, 15) is 0 Å². The summed E-state index contributed by atoms with van der Waals surface area (Å²) >= 11 is 0. The number of ether oxygens (including phenoxy) is 1. The number of nitrogens with zero attached hydrogens (tertiary/aromatic N) is 4. The monoisotopic (exact) mass is 312 g/mol. The number of aryl methyl sites for hydroxylation is 1. The van der Waals surface area contributed by atoms with Crippen molar-refractivity contribution in [2.75, 3.05) is 31.2 Å². The summed E-state index contributed by atoms with van der Waals surface area (Å²) in [5, 5.41) is 17.0. The number of morpholine rings is 1. The minimum Gasteiger partial charge on any atom is -0.390 e. The Labute approximate surface area is 136 Å². The van der Waals surface area contributed by atoms with Crippen molar-refractivity contribution >= 4 is 5.69 Å². The summed E-state index contributed by atoms with van der Waals surface area (Å²) in [7, 11) is 0. The Morgan fingerprint density at radius 2 is 1.96 bits per heavy atom. The summed E-state index contributed by atoms with van der Waals surface area (Å²) in [5.74, 6) is 0. The number of rotatable bonds is 2. The highest BCUT2D eigenvalue weighted by Gasteiger charge is 2.10. The van der Waals surface area contributed by atoms with Crippen LogP contribution < -0.4 is 4.90 Å². The van der Waals surface area contributed by atoms with Crippen LogP contribution in [0.3, 0.4) is 0 Å². The van der Waals surface area contributed by atoms with E-state index in [0.29, 0.717) is 11.3 Å². The van der Waals surface area contributed by atoms with E-state index < -0.39 is 0 Å². The maximum atomic E-state index is 8.59. The Kier molecular flexibility index (Phi) is 6.48. The second-order valence-corrected chi connectivity index (χ2v) is 5.06. The first-order valence-electron chi connectivity index (χ1n) is 7.44. The van der Waals surface area contributed by atoms with Crippen LogP contribution in [0.25, 0.3) is 0 Å². The van der Waals surface area contributed by atoms with Gasteiger partial charge in [0, 0.05) is 36.9 Å². The van der Waals surface area contributed by atoms with Gasteiger partial charge in [0.2, 0.25) is 0 Å². The lowest BCUT2D eigenvalue weighted by Gasteiger charge is -2.28. The Bertz CT molecular complexity index is 664. The summed E-state index contributed by atoms with van der Waals surface area (Å²) in [6, 6.07) is 9.27. The molecule has 6 heteroatoms. The summed E-state index contributed by atoms with van der Waals surface area (Å²) in [5.41, 5.74) is 3.39. The van der Waals surface area contributed by atoms with Crippen molar-refractivity contribution in [1.82, 2.24) is 9.97 Å². The number of aliphatic hydroxyl groups is 1. The average molecular weight is 312 g/mol. The van der Waals surface area contributed by atoms with Crippen molar-refractivity contribution in [2.24, 2.45) is 0 Å². The molecule has 0 saturated carbocycles. The van der Waals surface area contributed by atoms with Gasteiger partial charge in [-0.25, -0.2) is 0 Å². The highest BCUT2D eigenvalue weighted by atomic mass is 16.5. The van der Waals surface area contributed by atoms with Gasteiger partial charge in [0.1, 0.15) is 0 Å². The van der Waals surface area contributed by atoms with Crippen molar-refractivity contribution in [3.8, 4) is 6.07 Å². The van der Waals surface area contributed by atoms with Crippen LogP contribution in [0.5, 0.6) is 0 Å². The molecule has 1 fully saturated rings. The number of hydrogen-bond acceptors (Lipinski definition) is 6. The molecular formula is C17H20N4O2. The van der Waals surface area contributed by atoms with Gasteiger partial charge >= 0.3 is 0 Å². The third kappa shape index (κ3) is 5.33. The number of aromatic nitrogens is 2. The standard InChI is InChI=1S/C10H14N2O.C7H6N2O/c1-9-8-10(2-3-11-9)12-4-6-13-7-5-12;8-4-6-1-2-9-7(3-6)5-10/h2-3,8H,4-7H2,1H3;1-3,10H,5H2.